The molecule has 0 saturated carbocycles. The second-order valence-corrected chi connectivity index (χ2v) is 23.1. The zero-order chi connectivity index (χ0) is 46.4. The van der Waals surface area contributed by atoms with E-state index in [0.29, 0.717) is 17.2 Å². The van der Waals surface area contributed by atoms with Crippen LogP contribution in [-0.4, -0.2) is 79.4 Å². The Hall–Kier alpha value is -5.94. The molecule has 7 rings (SSSR count). The lowest BCUT2D eigenvalue weighted by Gasteiger charge is -2.37. The van der Waals surface area contributed by atoms with E-state index in [4.69, 9.17) is 36.9 Å². The number of anilines is 1. The number of benzene rings is 4. The van der Waals surface area contributed by atoms with Crippen LogP contribution in [0.2, 0.25) is 19.6 Å². The van der Waals surface area contributed by atoms with Crippen LogP contribution in [0, 0.1) is 5.41 Å². The molecule has 0 radical (unpaired) electrons. The third-order valence-corrected chi connectivity index (χ3v) is 13.8. The Labute approximate surface area is 379 Å². The van der Waals surface area contributed by atoms with Gasteiger partial charge in [-0.15, -0.1) is 0 Å². The molecule has 2 N–H and O–H groups in total. The minimum absolute atomic E-state index is 0.0230. The van der Waals surface area contributed by atoms with Crippen LogP contribution < -0.4 is 25.1 Å². The van der Waals surface area contributed by atoms with E-state index in [2.05, 4.69) is 20.3 Å². The van der Waals surface area contributed by atoms with Crippen molar-refractivity contribution in [3.05, 3.63) is 143 Å². The van der Waals surface area contributed by atoms with Crippen LogP contribution in [0.4, 0.5) is 5.95 Å². The van der Waals surface area contributed by atoms with Gasteiger partial charge in [-0.2, -0.15) is 4.98 Å². The van der Waals surface area contributed by atoms with Gasteiger partial charge >= 0.3 is 14.6 Å². The van der Waals surface area contributed by atoms with Crippen LogP contribution in [-0.2, 0) is 37.9 Å². The number of carbonyl (C=O) groups is 2. The van der Waals surface area contributed by atoms with E-state index in [-0.39, 0.29) is 36.7 Å². The number of amides is 1. The average molecular weight is 924 g/mol. The number of nitrogens with one attached hydrogen (secondary N) is 2. The van der Waals surface area contributed by atoms with E-state index in [1.807, 2.05) is 105 Å². The van der Waals surface area contributed by atoms with Gasteiger partial charge in [0.1, 0.15) is 41.3 Å². The molecule has 4 aromatic carbocycles. The van der Waals surface area contributed by atoms with Crippen LogP contribution in [0.25, 0.3) is 11.2 Å². The lowest BCUT2D eigenvalue weighted by molar-refractivity contribution is -0.144. The van der Waals surface area contributed by atoms with Crippen LogP contribution in [0.5, 0.6) is 17.2 Å². The van der Waals surface area contributed by atoms with E-state index in [9.17, 15) is 14.4 Å². The molecule has 1 aliphatic rings. The molecule has 0 spiro atoms. The van der Waals surface area contributed by atoms with E-state index < -0.39 is 63.8 Å². The Balaban J connectivity index is 1.26. The van der Waals surface area contributed by atoms with Crippen LogP contribution in [0.15, 0.2) is 120 Å². The third kappa shape index (κ3) is 11.3. The van der Waals surface area contributed by atoms with Crippen molar-refractivity contribution in [2.75, 3.05) is 32.8 Å². The number of hydrogen-bond donors (Lipinski definition) is 2. The summed E-state index contributed by atoms with van der Waals surface area (Å²) in [5, 5.41) is 2.61. The highest BCUT2D eigenvalue weighted by molar-refractivity contribution is 7.44. The maximum absolute atomic E-state index is 13.4. The van der Waals surface area contributed by atoms with Gasteiger partial charge in [-0.3, -0.25) is 33.8 Å². The minimum Gasteiger partial charge on any atom is -0.497 e. The quantitative estimate of drug-likeness (QED) is 0.0476. The summed E-state index contributed by atoms with van der Waals surface area (Å²) in [6, 6.07) is 34.1. The molecule has 1 unspecified atom stereocenters. The van der Waals surface area contributed by atoms with Gasteiger partial charge < -0.3 is 32.4 Å². The molecule has 3 heterocycles. The first-order valence-corrected chi connectivity index (χ1v) is 25.5. The summed E-state index contributed by atoms with van der Waals surface area (Å²) in [6.07, 6.45) is -0.814. The Morgan fingerprint density at radius 3 is 2.00 bits per heavy atom. The van der Waals surface area contributed by atoms with Gasteiger partial charge in [-0.05, 0) is 93.5 Å². The van der Waals surface area contributed by atoms with Gasteiger partial charge in [0.05, 0.1) is 32.6 Å². The number of rotatable bonds is 18. The lowest BCUT2D eigenvalue weighted by Crippen LogP contribution is -2.38. The number of aromatic amines is 1. The molecule has 6 aromatic rings. The Kier molecular flexibility index (Phi) is 14.5. The molecular weight excluding hydrogens is 870 g/mol. The summed E-state index contributed by atoms with van der Waals surface area (Å²) in [4.78, 5) is 51.2. The zero-order valence-corrected chi connectivity index (χ0v) is 39.5. The fraction of sp³-hybridized carbons (Fsp3) is 0.340. The predicted octanol–water partition coefficient (Wildman–Crippen LogP) is 8.50. The fourth-order valence-corrected chi connectivity index (χ4v) is 10.0. The number of ether oxygens (including phenoxy) is 5. The second-order valence-electron chi connectivity index (χ2n) is 17.3. The van der Waals surface area contributed by atoms with Crippen LogP contribution >= 0.6 is 8.60 Å². The highest BCUT2D eigenvalue weighted by Gasteiger charge is 2.46. The average Bonchev–Trinajstić information content (AvgIpc) is 3.90. The molecule has 1 amide bonds. The number of fused-ring (bicyclic) bond motifs is 1. The summed E-state index contributed by atoms with van der Waals surface area (Å²) in [7, 11) is -1.37. The largest absolute Gasteiger partial charge is 0.497 e. The maximum atomic E-state index is 13.4. The Morgan fingerprint density at radius 1 is 0.846 bits per heavy atom. The predicted molar refractivity (Wildman–Crippen MR) is 247 cm³/mol. The Morgan fingerprint density at radius 2 is 1.43 bits per heavy atom. The molecule has 342 valence electrons. The summed E-state index contributed by atoms with van der Waals surface area (Å²) in [6.45, 7) is 10.8. The minimum atomic E-state index is -2.37. The molecular formula is C47H54N5O11PSi. The van der Waals surface area contributed by atoms with Crippen molar-refractivity contribution in [3.8, 4) is 17.2 Å². The topological polar surface area (TPSA) is 184 Å². The number of imidazole rings is 1. The first-order valence-electron chi connectivity index (χ1n) is 21.0. The highest BCUT2D eigenvalue weighted by atomic mass is 31.2. The van der Waals surface area contributed by atoms with Crippen molar-refractivity contribution in [1.29, 1.82) is 0 Å². The lowest BCUT2D eigenvalue weighted by atomic mass is 9.80. The van der Waals surface area contributed by atoms with Crippen molar-refractivity contribution in [2.45, 2.75) is 70.9 Å². The first kappa shape index (κ1) is 47.0. The second kappa shape index (κ2) is 20.1. The number of nitrogens with zero attached hydrogens (tertiary/aromatic N) is 3. The van der Waals surface area contributed by atoms with Gasteiger partial charge in [0.2, 0.25) is 5.95 Å². The molecule has 1 fully saturated rings. The SMILES string of the molecule is COc1ccc(C(OC[C@H]2O[C@@H](n3cnc4c(=O)[nH]c(NC(=O)COc5ccccc5)nc43)C[C@@H]2OP(OC(=O)C(C)(C)C)O[Si](C)(C)C)(c2ccccc2)c2ccc(OC)cc2)cc1. The highest BCUT2D eigenvalue weighted by Crippen LogP contribution is 2.50. The van der Waals surface area contributed by atoms with Gasteiger partial charge in [-0.25, -0.2) is 4.98 Å². The molecule has 1 saturated heterocycles. The summed E-state index contributed by atoms with van der Waals surface area (Å²) < 4.78 is 51.5. The number of hydrogen-bond acceptors (Lipinski definition) is 13. The summed E-state index contributed by atoms with van der Waals surface area (Å²) in [5.74, 6) is 0.715. The van der Waals surface area contributed by atoms with Crippen molar-refractivity contribution >= 4 is 45.9 Å². The van der Waals surface area contributed by atoms with E-state index in [1.165, 1.54) is 6.33 Å². The van der Waals surface area contributed by atoms with Crippen LogP contribution in [0.3, 0.4) is 0 Å². The molecule has 16 nitrogen and oxygen atoms in total. The fourth-order valence-electron chi connectivity index (χ4n) is 7.04. The number of para-hydroxylation sites is 1. The van der Waals surface area contributed by atoms with Gasteiger partial charge in [0.25, 0.3) is 11.5 Å². The summed E-state index contributed by atoms with van der Waals surface area (Å²) in [5.41, 5.74) is -0.0211. The number of carbonyl (C=O) groups excluding carboxylic acids is 2. The maximum Gasteiger partial charge on any atom is 0.388 e. The van der Waals surface area contributed by atoms with Crippen molar-refractivity contribution < 1.29 is 46.5 Å². The number of H-pyrrole nitrogens is 1. The van der Waals surface area contributed by atoms with E-state index in [1.54, 1.807) is 63.8 Å². The standard InChI is InChI=1S/C47H54N5O11PSi/c1-46(2,3)44(55)62-64(63-65(6,7)8)61-37-27-40(52-30-48-41-42(52)50-45(51-43(41)54)49-39(53)29-58-36-17-13-10-14-18-36)60-38(37)28-59-47(31-15-11-9-12-16-31,32-19-23-34(56-4)24-20-32)33-21-25-35(57-5)26-22-33/h9-26,30,37-38,40H,27-29H2,1-8H3,(H2,49,50,51,53,54)/t37-,38+,40+,64?/m0/s1. The normalized spacial score (nSPS) is 17.1. The van der Waals surface area contributed by atoms with E-state index in [0.717, 1.165) is 16.7 Å². The smallest absolute Gasteiger partial charge is 0.388 e. The zero-order valence-electron chi connectivity index (χ0n) is 37.6. The molecule has 1 aliphatic heterocycles. The molecule has 65 heavy (non-hydrogen) atoms. The van der Waals surface area contributed by atoms with Gasteiger partial charge in [-0.1, -0.05) is 72.8 Å². The van der Waals surface area contributed by atoms with Gasteiger partial charge in [0.15, 0.2) is 26.1 Å². The van der Waals surface area contributed by atoms with E-state index >= 15 is 0 Å². The Bertz CT molecular complexity index is 2550. The van der Waals surface area contributed by atoms with Gasteiger partial charge in [0, 0.05) is 6.42 Å². The molecule has 4 atom stereocenters. The number of methoxy groups -OCH3 is 2. The summed E-state index contributed by atoms with van der Waals surface area (Å²) >= 11 is 0. The third-order valence-electron chi connectivity index (χ3n) is 10.3. The van der Waals surface area contributed by atoms with Crippen molar-refractivity contribution in [1.82, 2.24) is 19.5 Å². The van der Waals surface area contributed by atoms with Crippen LogP contribution in [0.1, 0.15) is 50.1 Å². The van der Waals surface area contributed by atoms with Crippen molar-refractivity contribution in [2.24, 2.45) is 5.41 Å². The molecule has 18 heteroatoms. The monoisotopic (exact) mass is 923 g/mol. The number of aromatic nitrogens is 4. The van der Waals surface area contributed by atoms with Crippen molar-refractivity contribution in [3.63, 3.8) is 0 Å². The first-order chi connectivity index (χ1) is 31.1. The molecule has 2 aromatic heterocycles. The molecule has 0 aliphatic carbocycles. The molecule has 0 bridgehead atoms.